The van der Waals surface area contributed by atoms with Crippen molar-refractivity contribution in [3.8, 4) is 11.4 Å². The van der Waals surface area contributed by atoms with Gasteiger partial charge in [-0.2, -0.15) is 0 Å². The number of carbonyl (C=O) groups excluding carboxylic acids is 1. The average Bonchev–Trinajstić information content (AvgIpc) is 3.02. The molecule has 1 heterocycles. The van der Waals surface area contributed by atoms with Gasteiger partial charge in [0.2, 0.25) is 5.91 Å². The smallest absolute Gasteiger partial charge is 0.237 e. The van der Waals surface area contributed by atoms with Crippen LogP contribution in [-0.2, 0) is 11.8 Å². The molecular weight excluding hydrogens is 396 g/mol. The number of aromatic nitrogens is 3. The molecule has 0 radical (unpaired) electrons. The molecule has 3 aromatic rings. The number of benzene rings is 2. The number of hydrogen-bond donors (Lipinski definition) is 1. The van der Waals surface area contributed by atoms with Crippen LogP contribution >= 0.6 is 11.8 Å². The van der Waals surface area contributed by atoms with E-state index in [1.165, 1.54) is 17.6 Å². The molecule has 2 aromatic carbocycles. The van der Waals surface area contributed by atoms with Crippen LogP contribution in [0.3, 0.4) is 0 Å². The first-order valence-electron chi connectivity index (χ1n) is 8.05. The van der Waals surface area contributed by atoms with E-state index in [1.54, 1.807) is 25.2 Å². The molecule has 0 aliphatic heterocycles. The zero-order chi connectivity index (χ0) is 20.4. The van der Waals surface area contributed by atoms with Crippen LogP contribution in [0.5, 0.6) is 0 Å². The molecule has 28 heavy (non-hydrogen) atoms. The van der Waals surface area contributed by atoms with Gasteiger partial charge in [-0.3, -0.25) is 4.79 Å². The first-order chi connectivity index (χ1) is 13.3. The Morgan fingerprint density at radius 3 is 2.46 bits per heavy atom. The van der Waals surface area contributed by atoms with Crippen LogP contribution < -0.4 is 5.32 Å². The van der Waals surface area contributed by atoms with Gasteiger partial charge in [-0.25, -0.2) is 17.6 Å². The molecule has 0 spiro atoms. The summed E-state index contributed by atoms with van der Waals surface area (Å²) in [6.45, 7) is 1.52. The maximum atomic E-state index is 14.0. The first-order valence-corrected chi connectivity index (χ1v) is 8.93. The lowest BCUT2D eigenvalue weighted by Crippen LogP contribution is -2.23. The minimum Gasteiger partial charge on any atom is -0.323 e. The average molecular weight is 410 g/mol. The molecule has 0 saturated carbocycles. The molecular formula is C18H14F4N4OS. The lowest BCUT2D eigenvalue weighted by Gasteiger charge is -2.12. The van der Waals surface area contributed by atoms with Crippen LogP contribution in [0.4, 0.5) is 23.2 Å². The predicted octanol–water partition coefficient (Wildman–Crippen LogP) is 4.16. The van der Waals surface area contributed by atoms with E-state index < -0.39 is 40.1 Å². The lowest BCUT2D eigenvalue weighted by molar-refractivity contribution is -0.115. The van der Waals surface area contributed by atoms with Gasteiger partial charge in [0.15, 0.2) is 28.4 Å². The summed E-state index contributed by atoms with van der Waals surface area (Å²) in [6.07, 6.45) is 0. The van der Waals surface area contributed by atoms with Crippen molar-refractivity contribution in [3.63, 3.8) is 0 Å². The van der Waals surface area contributed by atoms with Crippen molar-refractivity contribution in [3.05, 3.63) is 59.7 Å². The topological polar surface area (TPSA) is 59.8 Å². The molecule has 5 nitrogen and oxygen atoms in total. The summed E-state index contributed by atoms with van der Waals surface area (Å²) >= 11 is 0.997. The zero-order valence-electron chi connectivity index (χ0n) is 14.7. The van der Waals surface area contributed by atoms with Gasteiger partial charge in [-0.1, -0.05) is 23.9 Å². The summed E-state index contributed by atoms with van der Waals surface area (Å²) in [5.74, 6) is -5.33. The van der Waals surface area contributed by atoms with E-state index in [0.29, 0.717) is 5.16 Å². The van der Waals surface area contributed by atoms with Gasteiger partial charge in [-0.05, 0) is 31.2 Å². The number of rotatable bonds is 5. The molecule has 146 valence electrons. The largest absolute Gasteiger partial charge is 0.323 e. The Balaban J connectivity index is 1.75. The molecule has 1 aromatic heterocycles. The molecule has 1 N–H and O–H groups in total. The number of anilines is 1. The van der Waals surface area contributed by atoms with Crippen molar-refractivity contribution in [2.45, 2.75) is 17.3 Å². The van der Waals surface area contributed by atoms with Gasteiger partial charge in [-0.15, -0.1) is 10.2 Å². The number of hydrogen-bond acceptors (Lipinski definition) is 4. The second kappa shape index (κ2) is 8.01. The minimum absolute atomic E-state index is 0.255. The highest BCUT2D eigenvalue weighted by Gasteiger charge is 2.22. The van der Waals surface area contributed by atoms with Crippen LogP contribution in [0.25, 0.3) is 11.4 Å². The summed E-state index contributed by atoms with van der Waals surface area (Å²) in [5.41, 5.74) is -0.216. The second-order valence-corrected chi connectivity index (χ2v) is 7.13. The summed E-state index contributed by atoms with van der Waals surface area (Å²) < 4.78 is 55.4. The summed E-state index contributed by atoms with van der Waals surface area (Å²) in [5, 5.41) is 9.66. The van der Waals surface area contributed by atoms with E-state index in [4.69, 9.17) is 0 Å². The minimum atomic E-state index is -1.67. The fourth-order valence-electron chi connectivity index (χ4n) is 2.36. The molecule has 0 unspecified atom stereocenters. The number of thioether (sulfide) groups is 1. The Hall–Kier alpha value is -2.88. The number of nitrogens with one attached hydrogen (secondary N) is 1. The van der Waals surface area contributed by atoms with E-state index in [2.05, 4.69) is 15.5 Å². The van der Waals surface area contributed by atoms with E-state index in [9.17, 15) is 22.4 Å². The summed E-state index contributed by atoms with van der Waals surface area (Å²) in [6, 6.07) is 7.71. The third-order valence-electron chi connectivity index (χ3n) is 3.89. The van der Waals surface area contributed by atoms with Gasteiger partial charge in [0, 0.05) is 7.05 Å². The Morgan fingerprint density at radius 1 is 1.04 bits per heavy atom. The molecule has 1 amide bonds. The molecule has 0 fully saturated rings. The van der Waals surface area contributed by atoms with E-state index in [-0.39, 0.29) is 11.4 Å². The van der Waals surface area contributed by atoms with Crippen molar-refractivity contribution in [2.75, 3.05) is 5.32 Å². The highest BCUT2D eigenvalue weighted by atomic mass is 32.2. The molecule has 0 saturated heterocycles. The van der Waals surface area contributed by atoms with Crippen LogP contribution in [0, 0.1) is 23.3 Å². The van der Waals surface area contributed by atoms with Crippen molar-refractivity contribution < 1.29 is 22.4 Å². The quantitative estimate of drug-likeness (QED) is 0.390. The van der Waals surface area contributed by atoms with Crippen molar-refractivity contribution in [2.24, 2.45) is 7.05 Å². The number of amides is 1. The number of halogens is 4. The molecule has 10 heteroatoms. The molecule has 0 aliphatic rings. The van der Waals surface area contributed by atoms with Crippen molar-refractivity contribution in [1.29, 1.82) is 0 Å². The molecule has 1 atom stereocenters. The number of nitrogens with zero attached hydrogens (tertiary/aromatic N) is 3. The fourth-order valence-corrected chi connectivity index (χ4v) is 3.18. The summed E-state index contributed by atoms with van der Waals surface area (Å²) in [4.78, 5) is 12.3. The third-order valence-corrected chi connectivity index (χ3v) is 5.03. The van der Waals surface area contributed by atoms with Crippen molar-refractivity contribution in [1.82, 2.24) is 14.8 Å². The van der Waals surface area contributed by atoms with Crippen LogP contribution in [0.1, 0.15) is 6.92 Å². The van der Waals surface area contributed by atoms with Crippen LogP contribution in [0.2, 0.25) is 0 Å². The highest BCUT2D eigenvalue weighted by Crippen LogP contribution is 2.28. The summed E-state index contributed by atoms with van der Waals surface area (Å²) in [7, 11) is 1.61. The van der Waals surface area contributed by atoms with Crippen LogP contribution in [0.15, 0.2) is 41.6 Å². The predicted molar refractivity (Wildman–Crippen MR) is 96.7 cm³/mol. The Bertz CT molecular complexity index is 1040. The maximum absolute atomic E-state index is 14.0. The lowest BCUT2D eigenvalue weighted by atomic mass is 10.2. The zero-order valence-corrected chi connectivity index (χ0v) is 15.5. The normalized spacial score (nSPS) is 12.1. The molecule has 0 bridgehead atoms. The molecule has 0 aliphatic carbocycles. The van der Waals surface area contributed by atoms with Crippen molar-refractivity contribution >= 4 is 23.4 Å². The maximum Gasteiger partial charge on any atom is 0.237 e. The van der Waals surface area contributed by atoms with E-state index >= 15 is 0 Å². The monoisotopic (exact) mass is 410 g/mol. The first kappa shape index (κ1) is 19.9. The SMILES string of the molecule is C[C@H](Sc1nnc(-c2ccccc2F)n1C)C(=O)Nc1ccc(F)c(F)c1F. The third kappa shape index (κ3) is 3.86. The van der Waals surface area contributed by atoms with E-state index in [1.807, 2.05) is 0 Å². The van der Waals surface area contributed by atoms with Gasteiger partial charge in [0.25, 0.3) is 0 Å². The Morgan fingerprint density at radius 2 is 1.75 bits per heavy atom. The number of carbonyl (C=O) groups is 1. The van der Waals surface area contributed by atoms with Gasteiger partial charge in [0.1, 0.15) is 5.82 Å². The van der Waals surface area contributed by atoms with Gasteiger partial charge < -0.3 is 9.88 Å². The molecule has 3 rings (SSSR count). The van der Waals surface area contributed by atoms with Crippen LogP contribution in [-0.4, -0.2) is 25.9 Å². The second-order valence-electron chi connectivity index (χ2n) is 5.82. The highest BCUT2D eigenvalue weighted by molar-refractivity contribution is 8.00. The fraction of sp³-hybridized carbons (Fsp3) is 0.167. The Labute approximate surface area is 161 Å². The van der Waals surface area contributed by atoms with Gasteiger partial charge >= 0.3 is 0 Å². The van der Waals surface area contributed by atoms with E-state index in [0.717, 1.165) is 23.9 Å². The van der Waals surface area contributed by atoms with Gasteiger partial charge in [0.05, 0.1) is 16.5 Å². The standard InChI is InChI=1S/C18H14F4N4OS/c1-9(17(27)23-13-8-7-12(20)14(21)15(13)22)28-18-25-24-16(26(18)2)10-5-3-4-6-11(10)19/h3-9H,1-2H3,(H,23,27)/t9-/m0/s1. The Kier molecular flexibility index (Phi) is 5.68.